The lowest BCUT2D eigenvalue weighted by Gasteiger charge is -2.26. The molecule has 1 amide bonds. The molecule has 3 rings (SSSR count). The third kappa shape index (κ3) is 4.93. The molecular weight excluding hydrogens is 296 g/mol. The number of nitrogens with one attached hydrogen (secondary N) is 1. The van der Waals surface area contributed by atoms with Gasteiger partial charge >= 0.3 is 0 Å². The highest BCUT2D eigenvalue weighted by Gasteiger charge is 2.10. The zero-order chi connectivity index (χ0) is 16.8. The Labute approximate surface area is 144 Å². The molecule has 3 nitrogen and oxygen atoms in total. The summed E-state index contributed by atoms with van der Waals surface area (Å²) in [5.74, 6) is 0.0318. The van der Waals surface area contributed by atoms with Gasteiger partial charge in [-0.3, -0.25) is 9.69 Å². The first-order valence-corrected chi connectivity index (χ1v) is 8.86. The third-order valence-corrected chi connectivity index (χ3v) is 4.54. The van der Waals surface area contributed by atoms with Crippen molar-refractivity contribution in [2.45, 2.75) is 39.2 Å². The first kappa shape index (κ1) is 16.7. The molecule has 0 aliphatic carbocycles. The van der Waals surface area contributed by atoms with Crippen LogP contribution in [0.3, 0.4) is 0 Å². The van der Waals surface area contributed by atoms with Crippen LogP contribution in [0, 0.1) is 6.92 Å². The van der Waals surface area contributed by atoms with Gasteiger partial charge in [-0.15, -0.1) is 0 Å². The highest BCUT2D eigenvalue weighted by Crippen LogP contribution is 2.15. The summed E-state index contributed by atoms with van der Waals surface area (Å²) < 4.78 is 0. The number of hydrogen-bond acceptors (Lipinski definition) is 2. The predicted octanol–water partition coefficient (Wildman–Crippen LogP) is 4.16. The summed E-state index contributed by atoms with van der Waals surface area (Å²) >= 11 is 0. The van der Waals surface area contributed by atoms with Crippen molar-refractivity contribution in [2.24, 2.45) is 0 Å². The van der Waals surface area contributed by atoms with Gasteiger partial charge in [0.25, 0.3) is 0 Å². The zero-order valence-corrected chi connectivity index (χ0v) is 14.4. The standard InChI is InChI=1S/C21H26N2O/c1-17-6-5-7-19(14-17)15-21(24)22-20-10-8-18(9-11-20)16-23-12-3-2-4-13-23/h5-11,14H,2-4,12-13,15-16H2,1H3,(H,22,24). The Morgan fingerprint density at radius 1 is 1.00 bits per heavy atom. The van der Waals surface area contributed by atoms with E-state index < -0.39 is 0 Å². The molecule has 24 heavy (non-hydrogen) atoms. The van der Waals surface area contributed by atoms with Crippen molar-refractivity contribution in [3.63, 3.8) is 0 Å². The Morgan fingerprint density at radius 2 is 1.75 bits per heavy atom. The lowest BCUT2D eigenvalue weighted by Crippen LogP contribution is -2.29. The predicted molar refractivity (Wildman–Crippen MR) is 99.1 cm³/mol. The van der Waals surface area contributed by atoms with Gasteiger partial charge < -0.3 is 5.32 Å². The number of likely N-dealkylation sites (tertiary alicyclic amines) is 1. The lowest BCUT2D eigenvalue weighted by atomic mass is 10.1. The van der Waals surface area contributed by atoms with E-state index in [1.165, 1.54) is 43.5 Å². The third-order valence-electron chi connectivity index (χ3n) is 4.54. The molecule has 1 heterocycles. The molecule has 0 radical (unpaired) electrons. The zero-order valence-electron chi connectivity index (χ0n) is 14.4. The van der Waals surface area contributed by atoms with Crippen LogP contribution < -0.4 is 5.32 Å². The van der Waals surface area contributed by atoms with Crippen molar-refractivity contribution in [3.05, 3.63) is 65.2 Å². The number of anilines is 1. The van der Waals surface area contributed by atoms with Crippen molar-refractivity contribution >= 4 is 11.6 Å². The first-order valence-electron chi connectivity index (χ1n) is 8.86. The molecule has 2 aromatic rings. The smallest absolute Gasteiger partial charge is 0.228 e. The van der Waals surface area contributed by atoms with Crippen LogP contribution in [-0.2, 0) is 17.8 Å². The summed E-state index contributed by atoms with van der Waals surface area (Å²) in [5, 5.41) is 2.99. The maximum Gasteiger partial charge on any atom is 0.228 e. The second-order valence-electron chi connectivity index (χ2n) is 6.75. The molecule has 1 aliphatic rings. The summed E-state index contributed by atoms with van der Waals surface area (Å²) in [5.41, 5.74) is 4.42. The normalized spacial score (nSPS) is 15.2. The SMILES string of the molecule is Cc1cccc(CC(=O)Nc2ccc(CN3CCCCC3)cc2)c1. The van der Waals surface area contributed by atoms with Crippen LogP contribution in [-0.4, -0.2) is 23.9 Å². The van der Waals surface area contributed by atoms with Gasteiger partial charge in [-0.25, -0.2) is 0 Å². The van der Waals surface area contributed by atoms with Gasteiger partial charge in [0.05, 0.1) is 6.42 Å². The molecule has 0 aromatic heterocycles. The minimum Gasteiger partial charge on any atom is -0.326 e. The van der Waals surface area contributed by atoms with Crippen LogP contribution in [0.2, 0.25) is 0 Å². The van der Waals surface area contributed by atoms with Crippen LogP contribution in [0.25, 0.3) is 0 Å². The van der Waals surface area contributed by atoms with Crippen molar-refractivity contribution in [1.29, 1.82) is 0 Å². The molecule has 0 spiro atoms. The van der Waals surface area contributed by atoms with Crippen molar-refractivity contribution in [2.75, 3.05) is 18.4 Å². The molecule has 1 aliphatic heterocycles. The van der Waals surface area contributed by atoms with Gasteiger partial charge in [0.1, 0.15) is 0 Å². The Kier molecular flexibility index (Phi) is 5.65. The fourth-order valence-corrected chi connectivity index (χ4v) is 3.28. The minimum atomic E-state index is 0.0318. The highest BCUT2D eigenvalue weighted by atomic mass is 16.1. The molecular formula is C21H26N2O. The second-order valence-corrected chi connectivity index (χ2v) is 6.75. The van der Waals surface area contributed by atoms with Gasteiger partial charge in [0, 0.05) is 12.2 Å². The molecule has 1 N–H and O–H groups in total. The summed E-state index contributed by atoms with van der Waals surface area (Å²) in [6.07, 6.45) is 4.40. The Morgan fingerprint density at radius 3 is 2.46 bits per heavy atom. The number of hydrogen-bond donors (Lipinski definition) is 1. The van der Waals surface area contributed by atoms with Gasteiger partial charge in [0.2, 0.25) is 5.91 Å². The van der Waals surface area contributed by atoms with E-state index in [1.54, 1.807) is 0 Å². The Balaban J connectivity index is 1.52. The number of carbonyl (C=O) groups excluding carboxylic acids is 1. The number of piperidine rings is 1. The van der Waals surface area contributed by atoms with Crippen LogP contribution >= 0.6 is 0 Å². The van der Waals surface area contributed by atoms with E-state index in [-0.39, 0.29) is 5.91 Å². The number of aryl methyl sites for hydroxylation is 1. The Bertz CT molecular complexity index is 672. The molecule has 0 bridgehead atoms. The van der Waals surface area contributed by atoms with Crippen LogP contribution in [0.5, 0.6) is 0 Å². The molecule has 0 saturated carbocycles. The summed E-state index contributed by atoms with van der Waals surface area (Å²) in [6, 6.07) is 16.3. The fourth-order valence-electron chi connectivity index (χ4n) is 3.28. The summed E-state index contributed by atoms with van der Waals surface area (Å²) in [4.78, 5) is 14.7. The van der Waals surface area contributed by atoms with Crippen LogP contribution in [0.4, 0.5) is 5.69 Å². The number of benzene rings is 2. The van der Waals surface area contributed by atoms with Gasteiger partial charge in [-0.1, -0.05) is 48.4 Å². The van der Waals surface area contributed by atoms with E-state index in [0.717, 1.165) is 17.8 Å². The topological polar surface area (TPSA) is 32.3 Å². The van der Waals surface area contributed by atoms with Crippen LogP contribution in [0.15, 0.2) is 48.5 Å². The van der Waals surface area contributed by atoms with E-state index in [1.807, 2.05) is 37.3 Å². The molecule has 3 heteroatoms. The van der Waals surface area contributed by atoms with Crippen LogP contribution in [0.1, 0.15) is 36.0 Å². The molecule has 0 atom stereocenters. The molecule has 1 fully saturated rings. The van der Waals surface area contributed by atoms with Gasteiger partial charge in [0.15, 0.2) is 0 Å². The minimum absolute atomic E-state index is 0.0318. The van der Waals surface area contributed by atoms with Gasteiger partial charge in [-0.2, -0.15) is 0 Å². The number of nitrogens with zero attached hydrogens (tertiary/aromatic N) is 1. The summed E-state index contributed by atoms with van der Waals surface area (Å²) in [7, 11) is 0. The Hall–Kier alpha value is -2.13. The van der Waals surface area contributed by atoms with E-state index in [9.17, 15) is 4.79 Å². The maximum atomic E-state index is 12.2. The van der Waals surface area contributed by atoms with Crippen molar-refractivity contribution in [3.8, 4) is 0 Å². The molecule has 126 valence electrons. The summed E-state index contributed by atoms with van der Waals surface area (Å²) in [6.45, 7) is 5.46. The molecule has 1 saturated heterocycles. The van der Waals surface area contributed by atoms with E-state index >= 15 is 0 Å². The van der Waals surface area contributed by atoms with Crippen molar-refractivity contribution < 1.29 is 4.79 Å². The largest absolute Gasteiger partial charge is 0.326 e. The average molecular weight is 322 g/mol. The highest BCUT2D eigenvalue weighted by molar-refractivity contribution is 5.92. The lowest BCUT2D eigenvalue weighted by molar-refractivity contribution is -0.115. The number of rotatable bonds is 5. The fraction of sp³-hybridized carbons (Fsp3) is 0.381. The number of carbonyl (C=O) groups is 1. The van der Waals surface area contributed by atoms with Crippen molar-refractivity contribution in [1.82, 2.24) is 4.90 Å². The molecule has 0 unspecified atom stereocenters. The van der Waals surface area contributed by atoms with E-state index in [2.05, 4.69) is 28.4 Å². The quantitative estimate of drug-likeness (QED) is 0.896. The maximum absolute atomic E-state index is 12.2. The average Bonchev–Trinajstić information content (AvgIpc) is 2.57. The van der Waals surface area contributed by atoms with Gasteiger partial charge in [-0.05, 0) is 56.1 Å². The molecule has 2 aromatic carbocycles. The number of amides is 1. The van der Waals surface area contributed by atoms with E-state index in [0.29, 0.717) is 6.42 Å². The second kappa shape index (κ2) is 8.11. The monoisotopic (exact) mass is 322 g/mol. The van der Waals surface area contributed by atoms with E-state index in [4.69, 9.17) is 0 Å². The first-order chi connectivity index (χ1) is 11.7.